The lowest BCUT2D eigenvalue weighted by Gasteiger charge is -2.19. The molecule has 0 saturated heterocycles. The van der Waals surface area contributed by atoms with Crippen molar-refractivity contribution in [2.45, 2.75) is 25.6 Å². The molecule has 0 radical (unpaired) electrons. The predicted molar refractivity (Wildman–Crippen MR) is 97.7 cm³/mol. The molecule has 1 amide bonds. The molecule has 2 heterocycles. The van der Waals surface area contributed by atoms with Gasteiger partial charge in [0.25, 0.3) is 0 Å². The van der Waals surface area contributed by atoms with E-state index in [0.29, 0.717) is 19.5 Å². The summed E-state index contributed by atoms with van der Waals surface area (Å²) in [6.07, 6.45) is 3.56. The standard InChI is InChI=1S/C19H20N2O3S/c1-24-18(22)9-8-15-6-7-16(25-15)10-17(20)19(23)21-11-13-4-2-3-5-14(13)12-21/h2-9,17H,10-12,20H2,1H3/t17-/m1/s1. The number of amides is 1. The van der Waals surface area contributed by atoms with Gasteiger partial charge in [-0.05, 0) is 29.3 Å². The van der Waals surface area contributed by atoms with Gasteiger partial charge in [0.2, 0.25) is 5.91 Å². The van der Waals surface area contributed by atoms with Crippen molar-refractivity contribution < 1.29 is 14.3 Å². The molecule has 6 heteroatoms. The summed E-state index contributed by atoms with van der Waals surface area (Å²) in [4.78, 5) is 27.5. The molecule has 0 spiro atoms. The molecule has 1 aliphatic rings. The molecule has 0 unspecified atom stereocenters. The molecule has 1 aliphatic heterocycles. The second-order valence-electron chi connectivity index (χ2n) is 5.93. The van der Waals surface area contributed by atoms with Crippen molar-refractivity contribution in [2.24, 2.45) is 5.73 Å². The summed E-state index contributed by atoms with van der Waals surface area (Å²) in [5.41, 5.74) is 8.52. The number of ether oxygens (including phenoxy) is 1. The number of benzene rings is 1. The Hall–Kier alpha value is -2.44. The average Bonchev–Trinajstić information content (AvgIpc) is 3.25. The van der Waals surface area contributed by atoms with Crippen LogP contribution in [0.25, 0.3) is 6.08 Å². The first-order chi connectivity index (χ1) is 12.1. The van der Waals surface area contributed by atoms with Crippen LogP contribution in [0.5, 0.6) is 0 Å². The van der Waals surface area contributed by atoms with Gasteiger partial charge in [-0.25, -0.2) is 4.79 Å². The van der Waals surface area contributed by atoms with Gasteiger partial charge in [-0.2, -0.15) is 0 Å². The van der Waals surface area contributed by atoms with Gasteiger partial charge in [0.05, 0.1) is 13.2 Å². The lowest BCUT2D eigenvalue weighted by atomic mass is 10.1. The maximum Gasteiger partial charge on any atom is 0.330 e. The van der Waals surface area contributed by atoms with Crippen molar-refractivity contribution >= 4 is 29.3 Å². The topological polar surface area (TPSA) is 72.6 Å². The van der Waals surface area contributed by atoms with E-state index in [0.717, 1.165) is 9.75 Å². The van der Waals surface area contributed by atoms with Crippen LogP contribution in [-0.4, -0.2) is 29.9 Å². The van der Waals surface area contributed by atoms with Crippen molar-refractivity contribution in [1.82, 2.24) is 4.90 Å². The first kappa shape index (κ1) is 17.4. The summed E-state index contributed by atoms with van der Waals surface area (Å²) in [5, 5.41) is 0. The fourth-order valence-electron chi connectivity index (χ4n) is 2.84. The van der Waals surface area contributed by atoms with Crippen LogP contribution in [0.1, 0.15) is 20.9 Å². The SMILES string of the molecule is COC(=O)C=Cc1ccc(C[C@@H](N)C(=O)N2Cc3ccccc3C2)s1. The van der Waals surface area contributed by atoms with Gasteiger partial charge in [0.1, 0.15) is 0 Å². The van der Waals surface area contributed by atoms with Crippen LogP contribution in [0.15, 0.2) is 42.5 Å². The molecular formula is C19H20N2O3S. The van der Waals surface area contributed by atoms with Gasteiger partial charge >= 0.3 is 5.97 Å². The van der Waals surface area contributed by atoms with Crippen LogP contribution in [-0.2, 0) is 33.8 Å². The quantitative estimate of drug-likeness (QED) is 0.659. The highest BCUT2D eigenvalue weighted by molar-refractivity contribution is 7.12. The van der Waals surface area contributed by atoms with Gasteiger partial charge in [-0.3, -0.25) is 4.79 Å². The van der Waals surface area contributed by atoms with Crippen LogP contribution in [0.2, 0.25) is 0 Å². The van der Waals surface area contributed by atoms with E-state index in [2.05, 4.69) is 4.74 Å². The summed E-state index contributed by atoms with van der Waals surface area (Å²) >= 11 is 1.52. The molecule has 1 aromatic carbocycles. The zero-order chi connectivity index (χ0) is 17.8. The minimum Gasteiger partial charge on any atom is -0.466 e. The maximum atomic E-state index is 12.6. The molecule has 0 saturated carbocycles. The first-order valence-corrected chi connectivity index (χ1v) is 8.84. The number of nitrogens with zero attached hydrogens (tertiary/aromatic N) is 1. The third-order valence-corrected chi connectivity index (χ3v) is 5.23. The van der Waals surface area contributed by atoms with Crippen molar-refractivity contribution in [2.75, 3.05) is 7.11 Å². The third kappa shape index (κ3) is 4.15. The molecule has 0 fully saturated rings. The third-order valence-electron chi connectivity index (χ3n) is 4.16. The number of esters is 1. The molecule has 1 aromatic heterocycles. The number of fused-ring (bicyclic) bond motifs is 1. The van der Waals surface area contributed by atoms with E-state index >= 15 is 0 Å². The Bertz CT molecular complexity index is 788. The lowest BCUT2D eigenvalue weighted by molar-refractivity contribution is -0.135. The Morgan fingerprint density at radius 2 is 1.92 bits per heavy atom. The van der Waals surface area contributed by atoms with E-state index in [1.54, 1.807) is 11.0 Å². The number of hydrogen-bond acceptors (Lipinski definition) is 5. The number of nitrogens with two attached hydrogens (primary N) is 1. The molecule has 1 atom stereocenters. The lowest BCUT2D eigenvalue weighted by Crippen LogP contribution is -2.42. The molecule has 5 nitrogen and oxygen atoms in total. The molecule has 2 aromatic rings. The highest BCUT2D eigenvalue weighted by Crippen LogP contribution is 2.24. The first-order valence-electron chi connectivity index (χ1n) is 8.02. The minimum absolute atomic E-state index is 0.0312. The second-order valence-corrected chi connectivity index (χ2v) is 7.13. The Labute approximate surface area is 150 Å². The van der Waals surface area contributed by atoms with Crippen molar-refractivity contribution in [3.63, 3.8) is 0 Å². The van der Waals surface area contributed by atoms with E-state index in [1.807, 2.05) is 36.4 Å². The van der Waals surface area contributed by atoms with Crippen LogP contribution >= 0.6 is 11.3 Å². The highest BCUT2D eigenvalue weighted by atomic mass is 32.1. The summed E-state index contributed by atoms with van der Waals surface area (Å²) in [6.45, 7) is 1.25. The smallest absolute Gasteiger partial charge is 0.330 e. The molecule has 0 aliphatic carbocycles. The predicted octanol–water partition coefficient (Wildman–Crippen LogP) is 2.35. The van der Waals surface area contributed by atoms with E-state index < -0.39 is 12.0 Å². The summed E-state index contributed by atoms with van der Waals surface area (Å²) in [6, 6.07) is 11.4. The number of methoxy groups -OCH3 is 1. The van der Waals surface area contributed by atoms with Gasteiger partial charge in [0.15, 0.2) is 0 Å². The molecule has 2 N–H and O–H groups in total. The zero-order valence-corrected chi connectivity index (χ0v) is 14.8. The Kier molecular flexibility index (Phi) is 5.31. The zero-order valence-electron chi connectivity index (χ0n) is 14.0. The van der Waals surface area contributed by atoms with E-state index in [4.69, 9.17) is 5.73 Å². The average molecular weight is 356 g/mol. The van der Waals surface area contributed by atoms with Crippen LogP contribution in [0.3, 0.4) is 0 Å². The van der Waals surface area contributed by atoms with Crippen molar-refractivity contribution in [3.8, 4) is 0 Å². The summed E-state index contributed by atoms with van der Waals surface area (Å²) in [7, 11) is 1.34. The van der Waals surface area contributed by atoms with E-state index in [-0.39, 0.29) is 5.91 Å². The van der Waals surface area contributed by atoms with E-state index in [9.17, 15) is 9.59 Å². The summed E-state index contributed by atoms with van der Waals surface area (Å²) in [5.74, 6) is -0.424. The molecule has 25 heavy (non-hydrogen) atoms. The number of hydrogen-bond donors (Lipinski definition) is 1. The normalized spacial score (nSPS) is 14.6. The van der Waals surface area contributed by atoms with Crippen LogP contribution < -0.4 is 5.73 Å². The molecule has 3 rings (SSSR count). The fraction of sp³-hybridized carbons (Fsp3) is 0.263. The van der Waals surface area contributed by atoms with Gasteiger partial charge < -0.3 is 15.4 Å². The minimum atomic E-state index is -0.564. The Balaban J connectivity index is 1.58. The van der Waals surface area contributed by atoms with Gasteiger partial charge in [-0.1, -0.05) is 24.3 Å². The molecular weight excluding hydrogens is 336 g/mol. The largest absolute Gasteiger partial charge is 0.466 e. The number of rotatable bonds is 5. The summed E-state index contributed by atoms with van der Waals surface area (Å²) < 4.78 is 4.57. The maximum absolute atomic E-state index is 12.6. The highest BCUT2D eigenvalue weighted by Gasteiger charge is 2.27. The number of carbonyl (C=O) groups is 2. The molecule has 130 valence electrons. The Morgan fingerprint density at radius 3 is 2.56 bits per heavy atom. The van der Waals surface area contributed by atoms with Crippen LogP contribution in [0.4, 0.5) is 0 Å². The van der Waals surface area contributed by atoms with Crippen molar-refractivity contribution in [1.29, 1.82) is 0 Å². The van der Waals surface area contributed by atoms with E-state index in [1.165, 1.54) is 35.6 Å². The van der Waals surface area contributed by atoms with Gasteiger partial charge in [-0.15, -0.1) is 11.3 Å². The second kappa shape index (κ2) is 7.63. The Morgan fingerprint density at radius 1 is 1.24 bits per heavy atom. The number of thiophene rings is 1. The molecule has 0 bridgehead atoms. The van der Waals surface area contributed by atoms with Gasteiger partial charge in [0, 0.05) is 35.3 Å². The monoisotopic (exact) mass is 356 g/mol. The fourth-order valence-corrected chi connectivity index (χ4v) is 3.81. The van der Waals surface area contributed by atoms with Crippen molar-refractivity contribution in [3.05, 3.63) is 63.4 Å². The number of carbonyl (C=O) groups excluding carboxylic acids is 2. The van der Waals surface area contributed by atoms with Crippen LogP contribution in [0, 0.1) is 0 Å².